The molecule has 1 heterocycles. The molecule has 1 aliphatic carbocycles. The van der Waals surface area contributed by atoms with Crippen molar-refractivity contribution in [1.29, 1.82) is 0 Å². The first-order valence-electron chi connectivity index (χ1n) is 6.45. The molecule has 0 spiro atoms. The van der Waals surface area contributed by atoms with Crippen molar-refractivity contribution in [2.75, 3.05) is 0 Å². The number of hydrogen-bond acceptors (Lipinski definition) is 1. The van der Waals surface area contributed by atoms with Crippen LogP contribution in [0.2, 0.25) is 0 Å². The first kappa shape index (κ1) is 10.6. The lowest BCUT2D eigenvalue weighted by Gasteiger charge is -2.20. The maximum Gasteiger partial charge on any atom is 0.150 e. The number of benzene rings is 1. The van der Waals surface area contributed by atoms with Crippen LogP contribution < -0.4 is 0 Å². The molecule has 88 valence electrons. The third kappa shape index (κ3) is 1.88. The second kappa shape index (κ2) is 4.36. The summed E-state index contributed by atoms with van der Waals surface area (Å²) in [6.45, 7) is 0. The number of nitrogens with one attached hydrogen (secondary N) is 1. The third-order valence-corrected chi connectivity index (χ3v) is 3.89. The van der Waals surface area contributed by atoms with Crippen LogP contribution in [-0.2, 0) is 0 Å². The molecule has 0 saturated heterocycles. The van der Waals surface area contributed by atoms with E-state index in [2.05, 4.69) is 17.1 Å². The minimum absolute atomic E-state index is 0.663. The summed E-state index contributed by atoms with van der Waals surface area (Å²) in [6.07, 6.45) is 7.55. The van der Waals surface area contributed by atoms with E-state index in [-0.39, 0.29) is 0 Å². The van der Waals surface area contributed by atoms with Crippen molar-refractivity contribution < 1.29 is 4.79 Å². The highest BCUT2D eigenvalue weighted by atomic mass is 16.1. The lowest BCUT2D eigenvalue weighted by Crippen LogP contribution is -2.04. The Morgan fingerprint density at radius 1 is 1.18 bits per heavy atom. The SMILES string of the molecule is O=Cc1cccc2[nH]c(C3CCCCC3)cc12. The standard InChI is InChI=1S/C15H17NO/c17-10-12-7-4-8-14-13(12)9-15(16-14)11-5-2-1-3-6-11/h4,7-11,16H,1-3,5-6H2. The van der Waals surface area contributed by atoms with Crippen molar-refractivity contribution in [3.63, 3.8) is 0 Å². The Bertz CT molecular complexity index is 535. The van der Waals surface area contributed by atoms with Crippen molar-refractivity contribution in [2.45, 2.75) is 38.0 Å². The average molecular weight is 227 g/mol. The smallest absolute Gasteiger partial charge is 0.150 e. The number of rotatable bonds is 2. The predicted molar refractivity (Wildman–Crippen MR) is 69.5 cm³/mol. The van der Waals surface area contributed by atoms with Crippen LogP contribution in [0, 0.1) is 0 Å². The van der Waals surface area contributed by atoms with Crippen LogP contribution >= 0.6 is 0 Å². The number of aromatic nitrogens is 1. The van der Waals surface area contributed by atoms with Gasteiger partial charge < -0.3 is 4.98 Å². The lowest BCUT2D eigenvalue weighted by molar-refractivity contribution is 0.112. The molecule has 1 aromatic heterocycles. The summed E-state index contributed by atoms with van der Waals surface area (Å²) in [5.41, 5.74) is 3.20. The van der Waals surface area contributed by atoms with Gasteiger partial charge in [0.1, 0.15) is 0 Å². The predicted octanol–water partition coefficient (Wildman–Crippen LogP) is 4.03. The average Bonchev–Trinajstić information content (AvgIpc) is 2.83. The fraction of sp³-hybridized carbons (Fsp3) is 0.400. The van der Waals surface area contributed by atoms with Gasteiger partial charge in [0.2, 0.25) is 0 Å². The number of H-pyrrole nitrogens is 1. The molecule has 1 saturated carbocycles. The van der Waals surface area contributed by atoms with E-state index >= 15 is 0 Å². The highest BCUT2D eigenvalue weighted by Crippen LogP contribution is 2.34. The van der Waals surface area contributed by atoms with Gasteiger partial charge in [-0.2, -0.15) is 0 Å². The van der Waals surface area contributed by atoms with Gasteiger partial charge >= 0.3 is 0 Å². The van der Waals surface area contributed by atoms with Crippen molar-refractivity contribution in [3.05, 3.63) is 35.5 Å². The monoisotopic (exact) mass is 227 g/mol. The van der Waals surface area contributed by atoms with Gasteiger partial charge in [-0.25, -0.2) is 0 Å². The fourth-order valence-corrected chi connectivity index (χ4v) is 2.94. The van der Waals surface area contributed by atoms with Gasteiger partial charge in [-0.05, 0) is 30.9 Å². The maximum atomic E-state index is 11.0. The van der Waals surface area contributed by atoms with Gasteiger partial charge in [0, 0.05) is 22.2 Å². The fourth-order valence-electron chi connectivity index (χ4n) is 2.94. The van der Waals surface area contributed by atoms with Gasteiger partial charge in [-0.1, -0.05) is 31.4 Å². The van der Waals surface area contributed by atoms with E-state index < -0.39 is 0 Å². The second-order valence-corrected chi connectivity index (χ2v) is 4.99. The van der Waals surface area contributed by atoms with E-state index in [4.69, 9.17) is 0 Å². The Labute approximate surface area is 101 Å². The summed E-state index contributed by atoms with van der Waals surface area (Å²) < 4.78 is 0. The summed E-state index contributed by atoms with van der Waals surface area (Å²) in [4.78, 5) is 14.5. The number of carbonyl (C=O) groups is 1. The maximum absolute atomic E-state index is 11.0. The summed E-state index contributed by atoms with van der Waals surface area (Å²) in [5.74, 6) is 0.663. The molecule has 2 aromatic rings. The van der Waals surface area contributed by atoms with E-state index in [9.17, 15) is 4.79 Å². The molecule has 1 fully saturated rings. The molecule has 0 amide bonds. The molecule has 0 aliphatic heterocycles. The molecule has 0 bridgehead atoms. The summed E-state index contributed by atoms with van der Waals surface area (Å²) in [7, 11) is 0. The molecule has 0 radical (unpaired) electrons. The largest absolute Gasteiger partial charge is 0.358 e. The molecule has 0 unspecified atom stereocenters. The zero-order valence-corrected chi connectivity index (χ0v) is 9.91. The van der Waals surface area contributed by atoms with Crippen LogP contribution in [0.4, 0.5) is 0 Å². The Hall–Kier alpha value is -1.57. The van der Waals surface area contributed by atoms with Gasteiger partial charge in [0.25, 0.3) is 0 Å². The molecular weight excluding hydrogens is 210 g/mol. The summed E-state index contributed by atoms with van der Waals surface area (Å²) >= 11 is 0. The molecule has 0 atom stereocenters. The highest BCUT2D eigenvalue weighted by molar-refractivity contribution is 5.97. The Balaban J connectivity index is 2.03. The van der Waals surface area contributed by atoms with Crippen LogP contribution in [0.1, 0.15) is 54.1 Å². The number of fused-ring (bicyclic) bond motifs is 1. The summed E-state index contributed by atoms with van der Waals surface area (Å²) in [6, 6.07) is 8.05. The van der Waals surface area contributed by atoms with Crippen LogP contribution in [-0.4, -0.2) is 11.3 Å². The Morgan fingerprint density at radius 2 is 2.00 bits per heavy atom. The topological polar surface area (TPSA) is 32.9 Å². The molecule has 1 N–H and O–H groups in total. The number of aldehydes is 1. The van der Waals surface area contributed by atoms with Crippen molar-refractivity contribution >= 4 is 17.2 Å². The normalized spacial score (nSPS) is 17.4. The van der Waals surface area contributed by atoms with Crippen molar-refractivity contribution in [1.82, 2.24) is 4.98 Å². The van der Waals surface area contributed by atoms with Crippen molar-refractivity contribution in [2.24, 2.45) is 0 Å². The first-order valence-corrected chi connectivity index (χ1v) is 6.45. The number of carbonyl (C=O) groups excluding carboxylic acids is 1. The highest BCUT2D eigenvalue weighted by Gasteiger charge is 2.17. The second-order valence-electron chi connectivity index (χ2n) is 4.99. The molecule has 1 aliphatic rings. The molecule has 2 heteroatoms. The zero-order chi connectivity index (χ0) is 11.7. The third-order valence-electron chi connectivity index (χ3n) is 3.89. The number of aromatic amines is 1. The van der Waals surface area contributed by atoms with Gasteiger partial charge in [-0.15, -0.1) is 0 Å². The van der Waals surface area contributed by atoms with E-state index in [1.54, 1.807) is 0 Å². The van der Waals surface area contributed by atoms with E-state index in [0.29, 0.717) is 5.92 Å². The molecule has 2 nitrogen and oxygen atoms in total. The van der Waals surface area contributed by atoms with E-state index in [0.717, 1.165) is 22.8 Å². The van der Waals surface area contributed by atoms with Gasteiger partial charge in [0.05, 0.1) is 0 Å². The van der Waals surface area contributed by atoms with Gasteiger partial charge in [-0.3, -0.25) is 4.79 Å². The van der Waals surface area contributed by atoms with E-state index in [1.807, 2.05) is 12.1 Å². The molecular formula is C15H17NO. The first-order chi connectivity index (χ1) is 8.38. The van der Waals surface area contributed by atoms with Crippen molar-refractivity contribution in [3.8, 4) is 0 Å². The van der Waals surface area contributed by atoms with Crippen LogP contribution in [0.5, 0.6) is 0 Å². The zero-order valence-electron chi connectivity index (χ0n) is 9.91. The molecule has 17 heavy (non-hydrogen) atoms. The molecule has 1 aromatic carbocycles. The van der Waals surface area contributed by atoms with Crippen LogP contribution in [0.25, 0.3) is 10.9 Å². The minimum atomic E-state index is 0.663. The Morgan fingerprint density at radius 3 is 2.76 bits per heavy atom. The van der Waals surface area contributed by atoms with Gasteiger partial charge in [0.15, 0.2) is 6.29 Å². The van der Waals surface area contributed by atoms with Crippen LogP contribution in [0.3, 0.4) is 0 Å². The Kier molecular flexibility index (Phi) is 2.71. The lowest BCUT2D eigenvalue weighted by atomic mass is 9.87. The van der Waals surface area contributed by atoms with Crippen LogP contribution in [0.15, 0.2) is 24.3 Å². The van der Waals surface area contributed by atoms with E-state index in [1.165, 1.54) is 37.8 Å². The minimum Gasteiger partial charge on any atom is -0.358 e. The number of hydrogen-bond donors (Lipinski definition) is 1. The summed E-state index contributed by atoms with van der Waals surface area (Å²) in [5, 5.41) is 1.07. The molecule has 3 rings (SSSR count). The quantitative estimate of drug-likeness (QED) is 0.772.